The number of hydrogen-bond donors (Lipinski definition) is 0. The average molecular weight is 322 g/mol. The highest BCUT2D eigenvalue weighted by Crippen LogP contribution is 2.29. The Morgan fingerprint density at radius 1 is 0.913 bits per heavy atom. The summed E-state index contributed by atoms with van der Waals surface area (Å²) in [7, 11) is 2.53. The van der Waals surface area contributed by atoms with Crippen molar-refractivity contribution in [3.05, 3.63) is 59.2 Å². The highest BCUT2D eigenvalue weighted by molar-refractivity contribution is 5.93. The number of halogens is 2. The number of hydrogen-bond acceptors (Lipinski definition) is 5. The van der Waals surface area contributed by atoms with Crippen molar-refractivity contribution < 1.29 is 32.6 Å². The number of carbonyl (C=O) groups excluding carboxylic acids is 2. The lowest BCUT2D eigenvalue weighted by atomic mass is 10.2. The molecule has 0 aliphatic carbocycles. The van der Waals surface area contributed by atoms with Crippen molar-refractivity contribution in [2.24, 2.45) is 0 Å². The van der Waals surface area contributed by atoms with Crippen LogP contribution in [-0.2, 0) is 4.74 Å². The number of methoxy groups -OCH3 is 2. The lowest BCUT2D eigenvalue weighted by Gasteiger charge is -2.10. The summed E-state index contributed by atoms with van der Waals surface area (Å²) in [5.74, 6) is -3.39. The summed E-state index contributed by atoms with van der Waals surface area (Å²) < 4.78 is 41.0. The molecule has 2 rings (SSSR count). The predicted octanol–water partition coefficient (Wildman–Crippen LogP) is 2.98. The van der Waals surface area contributed by atoms with Crippen molar-refractivity contribution in [3.8, 4) is 11.5 Å². The second-order valence-electron chi connectivity index (χ2n) is 4.37. The molecule has 5 nitrogen and oxygen atoms in total. The van der Waals surface area contributed by atoms with Crippen molar-refractivity contribution in [1.82, 2.24) is 0 Å². The maximum absolute atomic E-state index is 13.6. The minimum atomic E-state index is -1.04. The van der Waals surface area contributed by atoms with Gasteiger partial charge in [0.25, 0.3) is 0 Å². The quantitative estimate of drug-likeness (QED) is 0.640. The first-order chi connectivity index (χ1) is 11.0. The van der Waals surface area contributed by atoms with E-state index < -0.39 is 29.1 Å². The zero-order valence-corrected chi connectivity index (χ0v) is 12.3. The van der Waals surface area contributed by atoms with Crippen LogP contribution in [0.5, 0.6) is 11.5 Å². The van der Waals surface area contributed by atoms with Crippen molar-refractivity contribution in [1.29, 1.82) is 0 Å². The van der Waals surface area contributed by atoms with E-state index in [1.54, 1.807) is 0 Å². The first kappa shape index (κ1) is 16.4. The van der Waals surface area contributed by atoms with Crippen LogP contribution in [0.2, 0.25) is 0 Å². The smallest absolute Gasteiger partial charge is 0.346 e. The Morgan fingerprint density at radius 3 is 2.26 bits per heavy atom. The van der Waals surface area contributed by atoms with Gasteiger partial charge in [-0.15, -0.1) is 0 Å². The van der Waals surface area contributed by atoms with Crippen molar-refractivity contribution in [3.63, 3.8) is 0 Å². The minimum Gasteiger partial charge on any atom is -0.493 e. The van der Waals surface area contributed by atoms with Crippen LogP contribution in [0.1, 0.15) is 20.7 Å². The molecule has 0 heterocycles. The Hall–Kier alpha value is -2.96. The molecule has 0 radical (unpaired) electrons. The van der Waals surface area contributed by atoms with Gasteiger partial charge >= 0.3 is 11.9 Å². The molecule has 120 valence electrons. The fraction of sp³-hybridized carbons (Fsp3) is 0.125. The van der Waals surface area contributed by atoms with E-state index in [9.17, 15) is 18.4 Å². The van der Waals surface area contributed by atoms with Crippen LogP contribution in [0.3, 0.4) is 0 Å². The van der Waals surface area contributed by atoms with E-state index in [1.165, 1.54) is 32.4 Å². The average Bonchev–Trinajstić information content (AvgIpc) is 2.54. The molecular formula is C16H12F2O5. The van der Waals surface area contributed by atoms with E-state index in [2.05, 4.69) is 4.74 Å². The van der Waals surface area contributed by atoms with Gasteiger partial charge in [0.1, 0.15) is 11.6 Å². The van der Waals surface area contributed by atoms with Crippen LogP contribution in [-0.4, -0.2) is 26.2 Å². The summed E-state index contributed by atoms with van der Waals surface area (Å²) >= 11 is 0. The Kier molecular flexibility index (Phi) is 4.90. The Labute approximate surface area is 130 Å². The Morgan fingerprint density at radius 2 is 1.65 bits per heavy atom. The molecule has 2 aromatic carbocycles. The molecule has 23 heavy (non-hydrogen) atoms. The minimum absolute atomic E-state index is 0.0196. The molecule has 0 fully saturated rings. The Balaban J connectivity index is 2.28. The summed E-state index contributed by atoms with van der Waals surface area (Å²) in [6.45, 7) is 0. The van der Waals surface area contributed by atoms with E-state index in [-0.39, 0.29) is 17.1 Å². The summed E-state index contributed by atoms with van der Waals surface area (Å²) in [6.07, 6.45) is 0. The van der Waals surface area contributed by atoms with Gasteiger partial charge in [-0.3, -0.25) is 0 Å². The van der Waals surface area contributed by atoms with E-state index >= 15 is 0 Å². The van der Waals surface area contributed by atoms with Gasteiger partial charge < -0.3 is 14.2 Å². The van der Waals surface area contributed by atoms with Gasteiger partial charge in [-0.1, -0.05) is 0 Å². The van der Waals surface area contributed by atoms with Gasteiger partial charge in [0.15, 0.2) is 11.5 Å². The maximum Gasteiger partial charge on any atom is 0.346 e. The molecule has 0 saturated heterocycles. The van der Waals surface area contributed by atoms with Crippen LogP contribution in [0.4, 0.5) is 8.78 Å². The van der Waals surface area contributed by atoms with Gasteiger partial charge in [0.05, 0.1) is 25.3 Å². The molecule has 0 spiro atoms. The highest BCUT2D eigenvalue weighted by Gasteiger charge is 2.18. The van der Waals surface area contributed by atoms with Crippen molar-refractivity contribution in [2.45, 2.75) is 0 Å². The zero-order valence-electron chi connectivity index (χ0n) is 12.3. The lowest BCUT2D eigenvalue weighted by Crippen LogP contribution is -2.12. The molecule has 0 saturated carbocycles. The molecular weight excluding hydrogens is 310 g/mol. The van der Waals surface area contributed by atoms with E-state index in [0.29, 0.717) is 6.07 Å². The molecule has 0 aromatic heterocycles. The first-order valence-electron chi connectivity index (χ1n) is 6.40. The van der Waals surface area contributed by atoms with Crippen molar-refractivity contribution in [2.75, 3.05) is 14.2 Å². The number of esters is 2. The van der Waals surface area contributed by atoms with Crippen LogP contribution in [0, 0.1) is 11.6 Å². The molecule has 0 N–H and O–H groups in total. The molecule has 0 aliphatic heterocycles. The monoisotopic (exact) mass is 322 g/mol. The van der Waals surface area contributed by atoms with Crippen LogP contribution in [0.15, 0.2) is 36.4 Å². The van der Waals surface area contributed by atoms with E-state index in [1.807, 2.05) is 0 Å². The molecule has 0 atom stereocenters. The third-order valence-corrected chi connectivity index (χ3v) is 2.94. The molecule has 0 unspecified atom stereocenters. The number of benzene rings is 2. The largest absolute Gasteiger partial charge is 0.493 e. The second-order valence-corrected chi connectivity index (χ2v) is 4.37. The second kappa shape index (κ2) is 6.87. The number of rotatable bonds is 4. The lowest BCUT2D eigenvalue weighted by molar-refractivity contribution is 0.0600. The van der Waals surface area contributed by atoms with Crippen molar-refractivity contribution >= 4 is 11.9 Å². The molecule has 0 bridgehead atoms. The number of carbonyl (C=O) groups is 2. The highest BCUT2D eigenvalue weighted by atomic mass is 19.1. The zero-order chi connectivity index (χ0) is 17.0. The van der Waals surface area contributed by atoms with Gasteiger partial charge in [-0.25, -0.2) is 18.4 Å². The molecule has 0 amide bonds. The molecule has 0 aliphatic rings. The summed E-state index contributed by atoms with van der Waals surface area (Å²) in [5, 5.41) is 0. The van der Waals surface area contributed by atoms with Gasteiger partial charge in [0.2, 0.25) is 0 Å². The Bertz CT molecular complexity index is 758. The van der Waals surface area contributed by atoms with E-state index in [0.717, 1.165) is 12.1 Å². The SMILES string of the molecule is COC(=O)c1ccc(OC(=O)c2ccc(F)cc2F)c(OC)c1. The summed E-state index contributed by atoms with van der Waals surface area (Å²) in [4.78, 5) is 23.4. The predicted molar refractivity (Wildman–Crippen MR) is 75.7 cm³/mol. The first-order valence-corrected chi connectivity index (χ1v) is 6.40. The fourth-order valence-electron chi connectivity index (χ4n) is 1.81. The summed E-state index contributed by atoms with van der Waals surface area (Å²) in [5.41, 5.74) is -0.234. The molecule has 2 aromatic rings. The van der Waals surface area contributed by atoms with Crippen LogP contribution >= 0.6 is 0 Å². The maximum atomic E-state index is 13.6. The van der Waals surface area contributed by atoms with Crippen LogP contribution < -0.4 is 9.47 Å². The topological polar surface area (TPSA) is 61.8 Å². The third kappa shape index (κ3) is 3.63. The summed E-state index contributed by atoms with van der Waals surface area (Å²) in [6, 6.07) is 6.48. The standard InChI is InChI=1S/C16H12F2O5/c1-21-14-7-9(15(19)22-2)3-6-13(14)23-16(20)11-5-4-10(17)8-12(11)18/h3-8H,1-2H3. The number of ether oxygens (including phenoxy) is 3. The van der Waals surface area contributed by atoms with Gasteiger partial charge in [0, 0.05) is 6.07 Å². The van der Waals surface area contributed by atoms with Crippen LogP contribution in [0.25, 0.3) is 0 Å². The van der Waals surface area contributed by atoms with Gasteiger partial charge in [-0.2, -0.15) is 0 Å². The van der Waals surface area contributed by atoms with Gasteiger partial charge in [-0.05, 0) is 30.3 Å². The normalized spacial score (nSPS) is 10.1. The fourth-order valence-corrected chi connectivity index (χ4v) is 1.81. The third-order valence-electron chi connectivity index (χ3n) is 2.94. The van der Waals surface area contributed by atoms with E-state index in [4.69, 9.17) is 9.47 Å². The molecule has 7 heteroatoms.